The van der Waals surface area contributed by atoms with Crippen molar-refractivity contribution in [3.63, 3.8) is 0 Å². The summed E-state index contributed by atoms with van der Waals surface area (Å²) in [5, 5.41) is 0. The van der Waals surface area contributed by atoms with Gasteiger partial charge in [0.1, 0.15) is 24.9 Å². The Morgan fingerprint density at radius 2 is 1.57 bits per heavy atom. The smallest absolute Gasteiger partial charge is 0.431 e. The van der Waals surface area contributed by atoms with Crippen LogP contribution in [0.2, 0.25) is 0 Å². The zero-order valence-electron chi connectivity index (χ0n) is 16.1. The number of rotatable bonds is 1. The lowest BCUT2D eigenvalue weighted by atomic mass is 9.93. The van der Waals surface area contributed by atoms with Crippen molar-refractivity contribution in [1.82, 2.24) is 0 Å². The van der Waals surface area contributed by atoms with E-state index in [1.165, 1.54) is 12.8 Å². The fourth-order valence-electron chi connectivity index (χ4n) is 5.90. The molecule has 0 aromatic heterocycles. The van der Waals surface area contributed by atoms with E-state index in [4.69, 9.17) is 33.2 Å². The standard InChI is InChI=1S/C20H28O8/c21-17-22-12-20-15(27-19(28-20)9-5-2-6-10-19)14(24-16(20)25-17)13-11-23-18(26-13)7-3-1-4-8-18/h13-16H,1-12H2/t13?,14-,15?,16?,20+/m0/s1. The molecule has 0 bridgehead atoms. The van der Waals surface area contributed by atoms with Crippen LogP contribution in [-0.2, 0) is 33.2 Å². The maximum Gasteiger partial charge on any atom is 0.510 e. The predicted molar refractivity (Wildman–Crippen MR) is 92.2 cm³/mol. The first-order valence-corrected chi connectivity index (χ1v) is 10.8. The SMILES string of the molecule is O=C1OC[C@@]23OC4(CCCCC4)OC2[C@H](C2COC4(CCCCC4)O2)OC3O1. The van der Waals surface area contributed by atoms with E-state index in [-0.39, 0.29) is 12.7 Å². The van der Waals surface area contributed by atoms with Gasteiger partial charge in [0.2, 0.25) is 6.29 Å². The maximum atomic E-state index is 11.8. The zero-order chi connectivity index (χ0) is 18.8. The van der Waals surface area contributed by atoms with Crippen LogP contribution < -0.4 is 0 Å². The molecule has 3 spiro atoms. The van der Waals surface area contributed by atoms with Gasteiger partial charge in [0.05, 0.1) is 6.61 Å². The lowest BCUT2D eigenvalue weighted by Gasteiger charge is -2.38. The van der Waals surface area contributed by atoms with Crippen LogP contribution in [0.3, 0.4) is 0 Å². The summed E-state index contributed by atoms with van der Waals surface area (Å²) < 4.78 is 42.4. The van der Waals surface area contributed by atoms with Gasteiger partial charge in [-0.1, -0.05) is 12.8 Å². The lowest BCUT2D eigenvalue weighted by molar-refractivity contribution is -0.295. The fraction of sp³-hybridized carbons (Fsp3) is 0.950. The third-order valence-corrected chi connectivity index (χ3v) is 7.27. The highest BCUT2D eigenvalue weighted by Crippen LogP contribution is 2.54. The first-order valence-electron chi connectivity index (χ1n) is 10.8. The van der Waals surface area contributed by atoms with Gasteiger partial charge < -0.3 is 33.2 Å². The van der Waals surface area contributed by atoms with Crippen LogP contribution in [0.4, 0.5) is 4.79 Å². The molecule has 0 radical (unpaired) electrons. The van der Waals surface area contributed by atoms with Gasteiger partial charge >= 0.3 is 6.16 Å². The number of ether oxygens (including phenoxy) is 7. The number of carbonyl (C=O) groups is 1. The third-order valence-electron chi connectivity index (χ3n) is 7.27. The molecule has 156 valence electrons. The summed E-state index contributed by atoms with van der Waals surface area (Å²) >= 11 is 0. The van der Waals surface area contributed by atoms with Gasteiger partial charge in [-0.3, -0.25) is 0 Å². The van der Waals surface area contributed by atoms with E-state index in [0.29, 0.717) is 6.61 Å². The molecule has 28 heavy (non-hydrogen) atoms. The van der Waals surface area contributed by atoms with Crippen LogP contribution in [0.5, 0.6) is 0 Å². The van der Waals surface area contributed by atoms with Crippen LogP contribution in [0.15, 0.2) is 0 Å². The molecule has 6 fully saturated rings. The largest absolute Gasteiger partial charge is 0.510 e. The van der Waals surface area contributed by atoms with Gasteiger partial charge in [-0.25, -0.2) is 4.79 Å². The minimum absolute atomic E-state index is 0.0815. The average molecular weight is 396 g/mol. The Kier molecular flexibility index (Phi) is 4.01. The highest BCUT2D eigenvalue weighted by Gasteiger charge is 2.73. The van der Waals surface area contributed by atoms with Crippen molar-refractivity contribution in [3.05, 3.63) is 0 Å². The zero-order valence-corrected chi connectivity index (χ0v) is 16.1. The van der Waals surface area contributed by atoms with Gasteiger partial charge in [0.15, 0.2) is 17.2 Å². The highest BCUT2D eigenvalue weighted by molar-refractivity contribution is 5.61. The molecular formula is C20H28O8. The van der Waals surface area contributed by atoms with Crippen molar-refractivity contribution in [1.29, 1.82) is 0 Å². The second-order valence-corrected chi connectivity index (χ2v) is 9.09. The highest BCUT2D eigenvalue weighted by atomic mass is 16.9. The third kappa shape index (κ3) is 2.58. The normalized spacial score (nSPS) is 46.2. The van der Waals surface area contributed by atoms with E-state index in [2.05, 4.69) is 0 Å². The van der Waals surface area contributed by atoms with E-state index in [1.807, 2.05) is 0 Å². The molecule has 2 aliphatic carbocycles. The van der Waals surface area contributed by atoms with Crippen LogP contribution >= 0.6 is 0 Å². The molecule has 4 heterocycles. The van der Waals surface area contributed by atoms with Gasteiger partial charge in [-0.05, 0) is 25.7 Å². The second-order valence-electron chi connectivity index (χ2n) is 9.09. The molecule has 0 amide bonds. The molecule has 6 rings (SSSR count). The van der Waals surface area contributed by atoms with Gasteiger partial charge in [-0.2, -0.15) is 0 Å². The van der Waals surface area contributed by atoms with Gasteiger partial charge in [0, 0.05) is 25.7 Å². The van der Waals surface area contributed by atoms with Crippen molar-refractivity contribution in [2.24, 2.45) is 0 Å². The molecule has 5 atom stereocenters. The number of carbonyl (C=O) groups excluding carboxylic acids is 1. The summed E-state index contributed by atoms with van der Waals surface area (Å²) in [6.07, 6.45) is 7.60. The van der Waals surface area contributed by atoms with Crippen molar-refractivity contribution < 1.29 is 38.0 Å². The topological polar surface area (TPSA) is 81.7 Å². The summed E-state index contributed by atoms with van der Waals surface area (Å²) in [6.45, 7) is 0.535. The monoisotopic (exact) mass is 396 g/mol. The van der Waals surface area contributed by atoms with E-state index >= 15 is 0 Å². The minimum Gasteiger partial charge on any atom is -0.431 e. The molecule has 8 nitrogen and oxygen atoms in total. The molecule has 0 aromatic rings. The van der Waals surface area contributed by atoms with Crippen molar-refractivity contribution in [2.45, 2.75) is 106 Å². The summed E-state index contributed by atoms with van der Waals surface area (Å²) in [5.74, 6) is -1.14. The Morgan fingerprint density at radius 1 is 0.857 bits per heavy atom. The average Bonchev–Trinajstić information content (AvgIpc) is 3.32. The van der Waals surface area contributed by atoms with Crippen molar-refractivity contribution >= 4 is 6.16 Å². The van der Waals surface area contributed by atoms with E-state index in [1.54, 1.807) is 0 Å². The Morgan fingerprint density at radius 3 is 2.32 bits per heavy atom. The Hall–Kier alpha value is -0.930. The minimum atomic E-state index is -0.929. The van der Waals surface area contributed by atoms with Crippen LogP contribution in [0.25, 0.3) is 0 Å². The Bertz CT molecular complexity index is 640. The number of hydrogen-bond acceptors (Lipinski definition) is 8. The van der Waals surface area contributed by atoms with E-state index in [9.17, 15) is 4.79 Å². The molecule has 8 heteroatoms. The molecule has 0 N–H and O–H groups in total. The molecule has 3 unspecified atom stereocenters. The Labute approximate surface area is 164 Å². The number of cyclic esters (lactones) is 1. The van der Waals surface area contributed by atoms with Crippen molar-refractivity contribution in [2.75, 3.05) is 13.2 Å². The van der Waals surface area contributed by atoms with Crippen LogP contribution in [0.1, 0.15) is 64.2 Å². The molecule has 4 saturated heterocycles. The number of hydrogen-bond donors (Lipinski definition) is 0. The summed E-state index contributed by atoms with van der Waals surface area (Å²) in [4.78, 5) is 11.8. The van der Waals surface area contributed by atoms with Crippen molar-refractivity contribution in [3.8, 4) is 0 Å². The molecule has 0 aromatic carbocycles. The predicted octanol–water partition coefficient (Wildman–Crippen LogP) is 2.77. The maximum absolute atomic E-state index is 11.8. The first-order chi connectivity index (χ1) is 13.6. The molecule has 6 aliphatic rings. The van der Waals surface area contributed by atoms with E-state index in [0.717, 1.165) is 51.4 Å². The second kappa shape index (κ2) is 6.28. The van der Waals surface area contributed by atoms with Crippen LogP contribution in [0, 0.1) is 0 Å². The Balaban J connectivity index is 1.28. The summed E-state index contributed by atoms with van der Waals surface area (Å²) in [7, 11) is 0. The summed E-state index contributed by atoms with van der Waals surface area (Å²) in [6, 6.07) is 0. The summed E-state index contributed by atoms with van der Waals surface area (Å²) in [5.41, 5.74) is -0.929. The first kappa shape index (κ1) is 17.9. The fourth-order valence-corrected chi connectivity index (χ4v) is 5.90. The molecule has 4 aliphatic heterocycles. The molecule has 2 saturated carbocycles. The van der Waals surface area contributed by atoms with Crippen LogP contribution in [-0.4, -0.2) is 61.1 Å². The quantitative estimate of drug-likeness (QED) is 0.626. The lowest BCUT2D eigenvalue weighted by Crippen LogP contribution is -2.56. The van der Waals surface area contributed by atoms with Gasteiger partial charge in [-0.15, -0.1) is 0 Å². The molecular weight excluding hydrogens is 368 g/mol. The van der Waals surface area contributed by atoms with E-state index < -0.39 is 41.8 Å². The van der Waals surface area contributed by atoms with Gasteiger partial charge in [0.25, 0.3) is 0 Å².